The molecule has 1 heterocycles. The zero-order valence-corrected chi connectivity index (χ0v) is 12.3. The third-order valence-corrected chi connectivity index (χ3v) is 4.38. The molecule has 1 aliphatic rings. The molecule has 0 saturated carbocycles. The van der Waals surface area contributed by atoms with E-state index in [2.05, 4.69) is 52.1 Å². The van der Waals surface area contributed by atoms with E-state index in [4.69, 9.17) is 0 Å². The van der Waals surface area contributed by atoms with Crippen LogP contribution in [-0.2, 0) is 6.42 Å². The van der Waals surface area contributed by atoms with E-state index in [-0.39, 0.29) is 0 Å². The summed E-state index contributed by atoms with van der Waals surface area (Å²) in [4.78, 5) is 2.55. The molecule has 1 aliphatic heterocycles. The summed E-state index contributed by atoms with van der Waals surface area (Å²) in [7, 11) is 0. The quantitative estimate of drug-likeness (QED) is 0.922. The lowest BCUT2D eigenvalue weighted by Gasteiger charge is -2.27. The topological polar surface area (TPSA) is 15.3 Å². The average molecular weight is 297 g/mol. The van der Waals surface area contributed by atoms with Gasteiger partial charge < -0.3 is 10.2 Å². The van der Waals surface area contributed by atoms with Crippen molar-refractivity contribution in [2.45, 2.75) is 20.3 Å². The molecule has 1 saturated heterocycles. The molecule has 0 aliphatic carbocycles. The third-order valence-electron chi connectivity index (χ3n) is 3.52. The molecule has 1 aromatic rings. The van der Waals surface area contributed by atoms with E-state index in [0.29, 0.717) is 0 Å². The Balaban J connectivity index is 1.96. The Hall–Kier alpha value is -0.380. The number of rotatable bonds is 3. The van der Waals surface area contributed by atoms with E-state index in [0.717, 1.165) is 13.1 Å². The number of nitrogens with zero attached hydrogens (tertiary/aromatic N) is 1. The molecule has 2 nitrogen and oxygen atoms in total. The van der Waals surface area contributed by atoms with Gasteiger partial charge in [0.2, 0.25) is 0 Å². The third kappa shape index (κ3) is 3.54. The molecule has 0 aromatic heterocycles. The van der Waals surface area contributed by atoms with Crippen molar-refractivity contribution in [3.8, 4) is 0 Å². The number of hydrogen-bond acceptors (Lipinski definition) is 2. The lowest BCUT2D eigenvalue weighted by atomic mass is 10.0. The van der Waals surface area contributed by atoms with Crippen molar-refractivity contribution < 1.29 is 0 Å². The maximum absolute atomic E-state index is 3.59. The minimum Gasteiger partial charge on any atom is -0.314 e. The van der Waals surface area contributed by atoms with Crippen LogP contribution in [0.25, 0.3) is 0 Å². The molecule has 1 aromatic carbocycles. The summed E-state index contributed by atoms with van der Waals surface area (Å²) < 4.78 is 1.22. The van der Waals surface area contributed by atoms with Crippen LogP contribution < -0.4 is 5.32 Å². The molecule has 1 N–H and O–H groups in total. The van der Waals surface area contributed by atoms with Crippen molar-refractivity contribution in [2.24, 2.45) is 0 Å². The monoisotopic (exact) mass is 296 g/mol. The van der Waals surface area contributed by atoms with Gasteiger partial charge in [0.1, 0.15) is 0 Å². The molecule has 0 atom stereocenters. The van der Waals surface area contributed by atoms with Gasteiger partial charge in [-0.2, -0.15) is 0 Å². The van der Waals surface area contributed by atoms with Gasteiger partial charge in [0.05, 0.1) is 0 Å². The highest BCUT2D eigenvalue weighted by atomic mass is 79.9. The number of nitrogens with one attached hydrogen (secondary N) is 1. The highest BCUT2D eigenvalue weighted by Crippen LogP contribution is 2.21. The van der Waals surface area contributed by atoms with Gasteiger partial charge in [-0.1, -0.05) is 22.0 Å². The summed E-state index contributed by atoms with van der Waals surface area (Å²) in [6.07, 6.45) is 1.17. The summed E-state index contributed by atoms with van der Waals surface area (Å²) in [5, 5.41) is 3.39. The predicted molar refractivity (Wildman–Crippen MR) is 76.6 cm³/mol. The Morgan fingerprint density at radius 3 is 2.59 bits per heavy atom. The maximum Gasteiger partial charge on any atom is 0.0207 e. The summed E-state index contributed by atoms with van der Waals surface area (Å²) in [6, 6.07) is 4.56. The fourth-order valence-electron chi connectivity index (χ4n) is 2.32. The summed E-state index contributed by atoms with van der Waals surface area (Å²) in [5.74, 6) is 0. The number of hydrogen-bond donors (Lipinski definition) is 1. The zero-order valence-electron chi connectivity index (χ0n) is 10.7. The Morgan fingerprint density at radius 2 is 1.88 bits per heavy atom. The molecule has 0 radical (unpaired) electrons. The van der Waals surface area contributed by atoms with Crippen LogP contribution in [-0.4, -0.2) is 37.6 Å². The molecule has 2 rings (SSSR count). The Bertz CT molecular complexity index is 384. The van der Waals surface area contributed by atoms with Crippen LogP contribution >= 0.6 is 15.9 Å². The van der Waals surface area contributed by atoms with Crippen molar-refractivity contribution >= 4 is 15.9 Å². The summed E-state index contributed by atoms with van der Waals surface area (Å²) >= 11 is 3.59. The number of halogens is 1. The van der Waals surface area contributed by atoms with Crippen LogP contribution in [0, 0.1) is 13.8 Å². The second-order valence-corrected chi connectivity index (χ2v) is 5.72. The van der Waals surface area contributed by atoms with Gasteiger partial charge in [0.25, 0.3) is 0 Å². The number of piperazine rings is 1. The van der Waals surface area contributed by atoms with Gasteiger partial charge in [-0.3, -0.25) is 0 Å². The van der Waals surface area contributed by atoms with Gasteiger partial charge >= 0.3 is 0 Å². The molecule has 0 unspecified atom stereocenters. The van der Waals surface area contributed by atoms with Crippen LogP contribution in [0.1, 0.15) is 16.7 Å². The molecular formula is C14H21BrN2. The van der Waals surface area contributed by atoms with E-state index in [1.807, 2.05) is 0 Å². The molecule has 17 heavy (non-hydrogen) atoms. The van der Waals surface area contributed by atoms with Crippen LogP contribution in [0.4, 0.5) is 0 Å². The molecular weight excluding hydrogens is 276 g/mol. The van der Waals surface area contributed by atoms with Crippen molar-refractivity contribution in [2.75, 3.05) is 32.7 Å². The van der Waals surface area contributed by atoms with E-state index < -0.39 is 0 Å². The van der Waals surface area contributed by atoms with Crippen LogP contribution in [0.3, 0.4) is 0 Å². The van der Waals surface area contributed by atoms with E-state index in [1.54, 1.807) is 0 Å². The van der Waals surface area contributed by atoms with Gasteiger partial charge in [-0.05, 0) is 43.0 Å². The minimum atomic E-state index is 1.14. The Kier molecular flexibility index (Phi) is 4.60. The second-order valence-electron chi connectivity index (χ2n) is 4.87. The van der Waals surface area contributed by atoms with Crippen LogP contribution in [0.2, 0.25) is 0 Å². The molecule has 0 spiro atoms. The largest absolute Gasteiger partial charge is 0.314 e. The summed E-state index contributed by atoms with van der Waals surface area (Å²) in [5.41, 5.74) is 4.23. The van der Waals surface area contributed by atoms with Gasteiger partial charge in [0.15, 0.2) is 0 Å². The normalized spacial score (nSPS) is 17.4. The van der Waals surface area contributed by atoms with Crippen molar-refractivity contribution in [1.29, 1.82) is 0 Å². The minimum absolute atomic E-state index is 1.14. The van der Waals surface area contributed by atoms with Crippen LogP contribution in [0.5, 0.6) is 0 Å². The number of aryl methyl sites for hydroxylation is 2. The fourth-order valence-corrected chi connectivity index (χ4v) is 2.78. The first-order chi connectivity index (χ1) is 8.16. The predicted octanol–water partition coefficient (Wildman–Crippen LogP) is 2.51. The Labute approximate surface area is 113 Å². The lowest BCUT2D eigenvalue weighted by molar-refractivity contribution is 0.244. The zero-order chi connectivity index (χ0) is 12.3. The Morgan fingerprint density at radius 1 is 1.18 bits per heavy atom. The van der Waals surface area contributed by atoms with E-state index in [1.165, 1.54) is 47.2 Å². The smallest absolute Gasteiger partial charge is 0.0207 e. The second kappa shape index (κ2) is 5.98. The van der Waals surface area contributed by atoms with Gasteiger partial charge in [-0.15, -0.1) is 0 Å². The fraction of sp³-hybridized carbons (Fsp3) is 0.571. The van der Waals surface area contributed by atoms with Crippen molar-refractivity contribution in [3.05, 3.63) is 33.3 Å². The van der Waals surface area contributed by atoms with Gasteiger partial charge in [-0.25, -0.2) is 0 Å². The molecule has 0 bridgehead atoms. The van der Waals surface area contributed by atoms with E-state index in [9.17, 15) is 0 Å². The van der Waals surface area contributed by atoms with Crippen molar-refractivity contribution in [3.63, 3.8) is 0 Å². The van der Waals surface area contributed by atoms with Crippen molar-refractivity contribution in [1.82, 2.24) is 10.2 Å². The standard InChI is InChI=1S/C14H21BrN2/c1-11-10-14(15)12(2)9-13(11)3-6-17-7-4-16-5-8-17/h9-10,16H,3-8H2,1-2H3. The first-order valence-corrected chi connectivity index (χ1v) is 7.15. The summed E-state index contributed by atoms with van der Waals surface area (Å²) in [6.45, 7) is 10.2. The number of benzene rings is 1. The van der Waals surface area contributed by atoms with E-state index >= 15 is 0 Å². The SMILES string of the molecule is Cc1cc(CCN2CCNCC2)c(C)cc1Br. The molecule has 1 fully saturated rings. The van der Waals surface area contributed by atoms with Crippen LogP contribution in [0.15, 0.2) is 16.6 Å². The maximum atomic E-state index is 3.59. The highest BCUT2D eigenvalue weighted by molar-refractivity contribution is 9.10. The molecule has 3 heteroatoms. The first-order valence-electron chi connectivity index (χ1n) is 6.35. The first kappa shape index (κ1) is 13.1. The molecule has 94 valence electrons. The highest BCUT2D eigenvalue weighted by Gasteiger charge is 2.10. The lowest BCUT2D eigenvalue weighted by Crippen LogP contribution is -2.44. The van der Waals surface area contributed by atoms with Gasteiger partial charge in [0, 0.05) is 37.2 Å². The molecule has 0 amide bonds. The average Bonchev–Trinajstić information content (AvgIpc) is 2.33.